The lowest BCUT2D eigenvalue weighted by molar-refractivity contribution is -0.143. The van der Waals surface area contributed by atoms with Crippen LogP contribution in [0.3, 0.4) is 0 Å². The smallest absolute Gasteiger partial charge is 0.307 e. The van der Waals surface area contributed by atoms with Crippen molar-refractivity contribution in [1.29, 1.82) is 0 Å². The summed E-state index contributed by atoms with van der Waals surface area (Å²) < 4.78 is 5.82. The Kier molecular flexibility index (Phi) is 6.43. The van der Waals surface area contributed by atoms with Crippen molar-refractivity contribution in [2.75, 3.05) is 13.2 Å². The van der Waals surface area contributed by atoms with Gasteiger partial charge in [0.2, 0.25) is 0 Å². The maximum Gasteiger partial charge on any atom is 0.307 e. The van der Waals surface area contributed by atoms with Crippen molar-refractivity contribution in [3.05, 3.63) is 34.3 Å². The zero-order chi connectivity index (χ0) is 13.4. The van der Waals surface area contributed by atoms with Crippen LogP contribution >= 0.6 is 15.9 Å². The molecule has 1 amide bonds. The molecule has 1 N–H and O–H groups in total. The minimum Gasteiger partial charge on any atom is -0.466 e. The van der Waals surface area contributed by atoms with E-state index in [1.165, 1.54) is 0 Å². The van der Waals surface area contributed by atoms with E-state index in [1.54, 1.807) is 24.3 Å². The lowest BCUT2D eigenvalue weighted by atomic mass is 10.2. The summed E-state index contributed by atoms with van der Waals surface area (Å²) in [5.74, 6) is -0.473. The summed E-state index contributed by atoms with van der Waals surface area (Å²) in [5, 5.41) is 2.67. The van der Waals surface area contributed by atoms with E-state index in [-0.39, 0.29) is 24.8 Å². The molecule has 0 aliphatic rings. The Balaban J connectivity index is 2.29. The molecule has 0 unspecified atom stereocenters. The van der Waals surface area contributed by atoms with Gasteiger partial charge in [0.1, 0.15) is 0 Å². The Morgan fingerprint density at radius 2 is 1.94 bits per heavy atom. The highest BCUT2D eigenvalue weighted by molar-refractivity contribution is 9.10. The van der Waals surface area contributed by atoms with Crippen LogP contribution in [-0.4, -0.2) is 25.0 Å². The van der Waals surface area contributed by atoms with Crippen LogP contribution in [0.5, 0.6) is 0 Å². The number of amides is 1. The second-order valence-corrected chi connectivity index (χ2v) is 4.65. The molecular weight excluding hydrogens is 298 g/mol. The second kappa shape index (κ2) is 7.87. The van der Waals surface area contributed by atoms with Crippen molar-refractivity contribution in [3.63, 3.8) is 0 Å². The number of hydrogen-bond acceptors (Lipinski definition) is 3. The normalized spacial score (nSPS) is 9.89. The van der Waals surface area contributed by atoms with Crippen molar-refractivity contribution in [3.8, 4) is 0 Å². The zero-order valence-corrected chi connectivity index (χ0v) is 11.8. The molecule has 98 valence electrons. The molecule has 0 bridgehead atoms. The van der Waals surface area contributed by atoms with Gasteiger partial charge in [-0.15, -0.1) is 0 Å². The number of benzene rings is 1. The van der Waals surface area contributed by atoms with Gasteiger partial charge < -0.3 is 10.1 Å². The van der Waals surface area contributed by atoms with Gasteiger partial charge in [0.05, 0.1) is 13.0 Å². The lowest BCUT2D eigenvalue weighted by Crippen LogP contribution is -2.26. The fourth-order valence-corrected chi connectivity index (χ4v) is 1.53. The SMILES string of the molecule is CCCOC(=O)CCNC(=O)c1ccc(Br)cc1. The number of esters is 1. The van der Waals surface area contributed by atoms with Gasteiger partial charge in [-0.2, -0.15) is 0 Å². The molecule has 5 heteroatoms. The summed E-state index contributed by atoms with van der Waals surface area (Å²) in [7, 11) is 0. The van der Waals surface area contributed by atoms with E-state index in [4.69, 9.17) is 4.74 Å². The highest BCUT2D eigenvalue weighted by Gasteiger charge is 2.06. The number of carbonyl (C=O) groups excluding carboxylic acids is 2. The Morgan fingerprint density at radius 3 is 2.56 bits per heavy atom. The molecule has 0 radical (unpaired) electrons. The van der Waals surface area contributed by atoms with E-state index in [2.05, 4.69) is 21.2 Å². The monoisotopic (exact) mass is 313 g/mol. The molecule has 1 aromatic rings. The largest absolute Gasteiger partial charge is 0.466 e. The average Bonchev–Trinajstić information content (AvgIpc) is 2.37. The number of rotatable bonds is 6. The van der Waals surface area contributed by atoms with Crippen molar-refractivity contribution >= 4 is 27.8 Å². The average molecular weight is 314 g/mol. The maximum atomic E-state index is 11.7. The first-order valence-electron chi connectivity index (χ1n) is 5.83. The van der Waals surface area contributed by atoms with Gasteiger partial charge >= 0.3 is 5.97 Å². The van der Waals surface area contributed by atoms with Gasteiger partial charge in [-0.1, -0.05) is 22.9 Å². The maximum absolute atomic E-state index is 11.7. The number of halogens is 1. The summed E-state index contributed by atoms with van der Waals surface area (Å²) in [4.78, 5) is 22.9. The van der Waals surface area contributed by atoms with Crippen LogP contribution in [-0.2, 0) is 9.53 Å². The fraction of sp³-hybridized carbons (Fsp3) is 0.385. The van der Waals surface area contributed by atoms with Gasteiger partial charge in [-0.25, -0.2) is 0 Å². The summed E-state index contributed by atoms with van der Waals surface area (Å²) in [5.41, 5.74) is 0.570. The fourth-order valence-electron chi connectivity index (χ4n) is 1.27. The predicted molar refractivity (Wildman–Crippen MR) is 72.3 cm³/mol. The molecule has 4 nitrogen and oxygen atoms in total. The molecule has 1 rings (SSSR count). The number of nitrogens with one attached hydrogen (secondary N) is 1. The summed E-state index contributed by atoms with van der Waals surface area (Å²) >= 11 is 3.30. The highest BCUT2D eigenvalue weighted by Crippen LogP contribution is 2.10. The van der Waals surface area contributed by atoms with Crippen LogP contribution in [0.4, 0.5) is 0 Å². The molecule has 0 heterocycles. The van der Waals surface area contributed by atoms with Gasteiger partial charge in [-0.05, 0) is 30.7 Å². The first-order chi connectivity index (χ1) is 8.63. The third-order valence-electron chi connectivity index (χ3n) is 2.19. The highest BCUT2D eigenvalue weighted by atomic mass is 79.9. The van der Waals surface area contributed by atoms with E-state index >= 15 is 0 Å². The molecule has 0 aliphatic carbocycles. The van der Waals surface area contributed by atoms with Gasteiger partial charge in [-0.3, -0.25) is 9.59 Å². The third-order valence-corrected chi connectivity index (χ3v) is 2.72. The molecule has 0 spiro atoms. The Morgan fingerprint density at radius 1 is 1.28 bits per heavy atom. The van der Waals surface area contributed by atoms with E-state index in [1.807, 2.05) is 6.92 Å². The molecule has 18 heavy (non-hydrogen) atoms. The number of hydrogen-bond donors (Lipinski definition) is 1. The van der Waals surface area contributed by atoms with E-state index in [0.717, 1.165) is 10.9 Å². The molecule has 0 saturated carbocycles. The van der Waals surface area contributed by atoms with E-state index < -0.39 is 0 Å². The molecule has 0 aromatic heterocycles. The quantitative estimate of drug-likeness (QED) is 0.821. The topological polar surface area (TPSA) is 55.4 Å². The van der Waals surface area contributed by atoms with Gasteiger partial charge in [0, 0.05) is 16.6 Å². The molecule has 0 saturated heterocycles. The molecule has 0 aliphatic heterocycles. The standard InChI is InChI=1S/C13H16BrNO3/c1-2-9-18-12(16)7-8-15-13(17)10-3-5-11(14)6-4-10/h3-6H,2,7-9H2,1H3,(H,15,17). The van der Waals surface area contributed by atoms with Crippen LogP contribution in [0.25, 0.3) is 0 Å². The predicted octanol–water partition coefficient (Wildman–Crippen LogP) is 2.52. The second-order valence-electron chi connectivity index (χ2n) is 3.73. The zero-order valence-electron chi connectivity index (χ0n) is 10.2. The van der Waals surface area contributed by atoms with Crippen molar-refractivity contribution in [2.45, 2.75) is 19.8 Å². The van der Waals surface area contributed by atoms with Crippen molar-refractivity contribution in [2.24, 2.45) is 0 Å². The van der Waals surface area contributed by atoms with E-state index in [0.29, 0.717) is 12.2 Å². The van der Waals surface area contributed by atoms with Crippen LogP contribution in [0, 0.1) is 0 Å². The number of ether oxygens (including phenoxy) is 1. The third kappa shape index (κ3) is 5.31. The Labute approximate surface area is 115 Å². The first-order valence-corrected chi connectivity index (χ1v) is 6.62. The van der Waals surface area contributed by atoms with Gasteiger partial charge in [0.15, 0.2) is 0 Å². The van der Waals surface area contributed by atoms with Crippen LogP contribution in [0.1, 0.15) is 30.1 Å². The van der Waals surface area contributed by atoms with Crippen molar-refractivity contribution < 1.29 is 14.3 Å². The van der Waals surface area contributed by atoms with Gasteiger partial charge in [0.25, 0.3) is 5.91 Å². The molecule has 1 aromatic carbocycles. The summed E-state index contributed by atoms with van der Waals surface area (Å²) in [6.45, 7) is 2.65. The lowest BCUT2D eigenvalue weighted by Gasteiger charge is -2.05. The molecular formula is C13H16BrNO3. The van der Waals surface area contributed by atoms with Crippen LogP contribution in [0.15, 0.2) is 28.7 Å². The minimum absolute atomic E-state index is 0.189. The minimum atomic E-state index is -0.284. The Bertz CT molecular complexity index is 403. The summed E-state index contributed by atoms with van der Waals surface area (Å²) in [6.07, 6.45) is 0.999. The van der Waals surface area contributed by atoms with Crippen LogP contribution < -0.4 is 5.32 Å². The molecule has 0 fully saturated rings. The van der Waals surface area contributed by atoms with E-state index in [9.17, 15) is 9.59 Å². The summed E-state index contributed by atoms with van der Waals surface area (Å²) in [6, 6.07) is 7.03. The first kappa shape index (κ1) is 14.7. The molecule has 0 atom stereocenters. The van der Waals surface area contributed by atoms with Crippen molar-refractivity contribution in [1.82, 2.24) is 5.32 Å². The Hall–Kier alpha value is -1.36. The number of carbonyl (C=O) groups is 2. The van der Waals surface area contributed by atoms with Crippen LogP contribution in [0.2, 0.25) is 0 Å².